The van der Waals surface area contributed by atoms with Crippen molar-refractivity contribution in [3.8, 4) is 5.75 Å². The van der Waals surface area contributed by atoms with Crippen molar-refractivity contribution >= 4 is 0 Å². The molecule has 16 heavy (non-hydrogen) atoms. The summed E-state index contributed by atoms with van der Waals surface area (Å²) in [6, 6.07) is 6.19. The van der Waals surface area contributed by atoms with E-state index in [0.29, 0.717) is 5.92 Å². The molecule has 0 bridgehead atoms. The van der Waals surface area contributed by atoms with Crippen LogP contribution in [0.3, 0.4) is 0 Å². The third-order valence-electron chi connectivity index (χ3n) is 3.22. The zero-order chi connectivity index (χ0) is 11.5. The van der Waals surface area contributed by atoms with Gasteiger partial charge in [-0.15, -0.1) is 0 Å². The lowest BCUT2D eigenvalue weighted by molar-refractivity contribution is 0.180. The van der Waals surface area contributed by atoms with Gasteiger partial charge in [-0.2, -0.15) is 0 Å². The van der Waals surface area contributed by atoms with Gasteiger partial charge in [0.2, 0.25) is 0 Å². The summed E-state index contributed by atoms with van der Waals surface area (Å²) in [6.45, 7) is 3.64. The maximum Gasteiger partial charge on any atom is 0.123 e. The molecule has 0 saturated carbocycles. The second-order valence-electron chi connectivity index (χ2n) is 4.39. The van der Waals surface area contributed by atoms with E-state index in [-0.39, 0.29) is 6.04 Å². The van der Waals surface area contributed by atoms with Crippen molar-refractivity contribution in [3.05, 3.63) is 29.3 Å². The minimum atomic E-state index is 0.0121. The average Bonchev–Trinajstić information content (AvgIpc) is 2.81. The molecule has 0 amide bonds. The van der Waals surface area contributed by atoms with Crippen molar-refractivity contribution in [3.63, 3.8) is 0 Å². The van der Waals surface area contributed by atoms with Crippen molar-refractivity contribution in [1.29, 1.82) is 0 Å². The molecule has 0 spiro atoms. The molecule has 1 aromatic rings. The van der Waals surface area contributed by atoms with E-state index in [4.69, 9.17) is 15.2 Å². The smallest absolute Gasteiger partial charge is 0.123 e. The third-order valence-corrected chi connectivity index (χ3v) is 3.22. The first-order chi connectivity index (χ1) is 7.72. The molecule has 3 heteroatoms. The Morgan fingerprint density at radius 2 is 2.31 bits per heavy atom. The minimum Gasteiger partial charge on any atom is -0.496 e. The highest BCUT2D eigenvalue weighted by Crippen LogP contribution is 2.32. The maximum absolute atomic E-state index is 6.27. The summed E-state index contributed by atoms with van der Waals surface area (Å²) in [6.07, 6.45) is 1.04. The van der Waals surface area contributed by atoms with Gasteiger partial charge in [0, 0.05) is 24.1 Å². The SMILES string of the molecule is COc1cc(C)ccc1C(N)C1CCOC1. The molecule has 0 aliphatic carbocycles. The first kappa shape index (κ1) is 11.4. The van der Waals surface area contributed by atoms with Crippen molar-refractivity contribution in [2.24, 2.45) is 11.7 Å². The van der Waals surface area contributed by atoms with Gasteiger partial charge in [-0.25, -0.2) is 0 Å². The fraction of sp³-hybridized carbons (Fsp3) is 0.538. The molecule has 3 nitrogen and oxygen atoms in total. The standard InChI is InChI=1S/C13H19NO2/c1-9-3-4-11(12(7-9)15-2)13(14)10-5-6-16-8-10/h3-4,7,10,13H,5-6,8,14H2,1-2H3. The van der Waals surface area contributed by atoms with Crippen molar-refractivity contribution in [2.45, 2.75) is 19.4 Å². The van der Waals surface area contributed by atoms with Gasteiger partial charge < -0.3 is 15.2 Å². The Morgan fingerprint density at radius 3 is 2.94 bits per heavy atom. The number of rotatable bonds is 3. The predicted octanol–water partition coefficient (Wildman–Crippen LogP) is 2.04. The molecule has 0 aromatic heterocycles. The van der Waals surface area contributed by atoms with Crippen LogP contribution in [0.1, 0.15) is 23.6 Å². The quantitative estimate of drug-likeness (QED) is 0.849. The van der Waals surface area contributed by atoms with Gasteiger partial charge in [-0.3, -0.25) is 0 Å². The predicted molar refractivity (Wildman–Crippen MR) is 63.6 cm³/mol. The van der Waals surface area contributed by atoms with Crippen LogP contribution in [0, 0.1) is 12.8 Å². The Morgan fingerprint density at radius 1 is 1.50 bits per heavy atom. The van der Waals surface area contributed by atoms with Gasteiger partial charge in [-0.1, -0.05) is 12.1 Å². The summed E-state index contributed by atoms with van der Waals surface area (Å²) in [7, 11) is 1.69. The summed E-state index contributed by atoms with van der Waals surface area (Å²) < 4.78 is 10.8. The van der Waals surface area contributed by atoms with E-state index in [0.717, 1.165) is 30.9 Å². The van der Waals surface area contributed by atoms with Crippen LogP contribution in [0.2, 0.25) is 0 Å². The fourth-order valence-corrected chi connectivity index (χ4v) is 2.18. The minimum absolute atomic E-state index is 0.0121. The molecular formula is C13H19NO2. The molecule has 2 unspecified atom stereocenters. The Kier molecular flexibility index (Phi) is 3.46. The second kappa shape index (κ2) is 4.85. The highest BCUT2D eigenvalue weighted by molar-refractivity contribution is 5.39. The van der Waals surface area contributed by atoms with Gasteiger partial charge >= 0.3 is 0 Å². The van der Waals surface area contributed by atoms with Gasteiger partial charge in [0.15, 0.2) is 0 Å². The number of nitrogens with two attached hydrogens (primary N) is 1. The van der Waals surface area contributed by atoms with Crippen LogP contribution in [-0.4, -0.2) is 20.3 Å². The number of benzene rings is 1. The van der Waals surface area contributed by atoms with E-state index in [9.17, 15) is 0 Å². The Hall–Kier alpha value is -1.06. The van der Waals surface area contributed by atoms with Crippen LogP contribution in [0.25, 0.3) is 0 Å². The molecule has 2 rings (SSSR count). The topological polar surface area (TPSA) is 44.5 Å². The van der Waals surface area contributed by atoms with E-state index >= 15 is 0 Å². The van der Waals surface area contributed by atoms with Crippen molar-refractivity contribution < 1.29 is 9.47 Å². The van der Waals surface area contributed by atoms with E-state index in [1.165, 1.54) is 5.56 Å². The zero-order valence-electron chi connectivity index (χ0n) is 9.90. The number of hydrogen-bond donors (Lipinski definition) is 1. The van der Waals surface area contributed by atoms with Crippen LogP contribution < -0.4 is 10.5 Å². The van der Waals surface area contributed by atoms with Gasteiger partial charge in [0.05, 0.1) is 13.7 Å². The monoisotopic (exact) mass is 221 g/mol. The normalized spacial score (nSPS) is 22.1. The van der Waals surface area contributed by atoms with Crippen LogP contribution >= 0.6 is 0 Å². The van der Waals surface area contributed by atoms with E-state index in [1.54, 1.807) is 7.11 Å². The molecule has 1 saturated heterocycles. The molecule has 1 aromatic carbocycles. The molecule has 1 aliphatic rings. The molecular weight excluding hydrogens is 202 g/mol. The highest BCUT2D eigenvalue weighted by Gasteiger charge is 2.25. The summed E-state index contributed by atoms with van der Waals surface area (Å²) in [5.41, 5.74) is 8.54. The maximum atomic E-state index is 6.27. The number of methoxy groups -OCH3 is 1. The average molecular weight is 221 g/mol. The fourth-order valence-electron chi connectivity index (χ4n) is 2.18. The van der Waals surface area contributed by atoms with Crippen LogP contribution in [0.4, 0.5) is 0 Å². The van der Waals surface area contributed by atoms with Crippen LogP contribution in [-0.2, 0) is 4.74 Å². The first-order valence-corrected chi connectivity index (χ1v) is 5.70. The molecule has 1 heterocycles. The molecule has 2 atom stereocenters. The molecule has 1 fully saturated rings. The van der Waals surface area contributed by atoms with Crippen molar-refractivity contribution in [1.82, 2.24) is 0 Å². The lowest BCUT2D eigenvalue weighted by Gasteiger charge is -2.20. The number of hydrogen-bond acceptors (Lipinski definition) is 3. The Labute approximate surface area is 96.5 Å². The second-order valence-corrected chi connectivity index (χ2v) is 4.39. The Bertz CT molecular complexity index is 359. The number of ether oxygens (including phenoxy) is 2. The van der Waals surface area contributed by atoms with Gasteiger partial charge in [-0.05, 0) is 25.0 Å². The molecule has 0 radical (unpaired) electrons. The van der Waals surface area contributed by atoms with E-state index in [1.807, 2.05) is 6.07 Å². The van der Waals surface area contributed by atoms with Crippen LogP contribution in [0.5, 0.6) is 5.75 Å². The highest BCUT2D eigenvalue weighted by atomic mass is 16.5. The molecule has 2 N–H and O–H groups in total. The molecule has 88 valence electrons. The van der Waals surface area contributed by atoms with Gasteiger partial charge in [0.1, 0.15) is 5.75 Å². The molecule has 1 aliphatic heterocycles. The lowest BCUT2D eigenvalue weighted by atomic mass is 9.92. The number of aryl methyl sites for hydroxylation is 1. The summed E-state index contributed by atoms with van der Waals surface area (Å²) in [5, 5.41) is 0. The zero-order valence-corrected chi connectivity index (χ0v) is 9.90. The lowest BCUT2D eigenvalue weighted by Crippen LogP contribution is -2.22. The summed E-state index contributed by atoms with van der Waals surface area (Å²) in [4.78, 5) is 0. The van der Waals surface area contributed by atoms with E-state index < -0.39 is 0 Å². The van der Waals surface area contributed by atoms with Gasteiger partial charge in [0.25, 0.3) is 0 Å². The first-order valence-electron chi connectivity index (χ1n) is 5.70. The summed E-state index contributed by atoms with van der Waals surface area (Å²) in [5.74, 6) is 1.30. The largest absolute Gasteiger partial charge is 0.496 e. The Balaban J connectivity index is 2.24. The van der Waals surface area contributed by atoms with Crippen molar-refractivity contribution in [2.75, 3.05) is 20.3 Å². The van der Waals surface area contributed by atoms with Crippen LogP contribution in [0.15, 0.2) is 18.2 Å². The third kappa shape index (κ3) is 2.20. The summed E-state index contributed by atoms with van der Waals surface area (Å²) >= 11 is 0. The van der Waals surface area contributed by atoms with E-state index in [2.05, 4.69) is 19.1 Å².